The van der Waals surface area contributed by atoms with Gasteiger partial charge in [0, 0.05) is 24.3 Å². The van der Waals surface area contributed by atoms with Crippen molar-refractivity contribution in [3.05, 3.63) is 145 Å². The molecule has 14 heteroatoms. The normalized spacial score (nSPS) is 11.5. The molecule has 0 atom stereocenters. The number of unbranched alkanes of at least 4 members (excludes halogenated alkanes) is 2. The molecule has 0 aliphatic heterocycles. The minimum absolute atomic E-state index is 0.264. The van der Waals surface area contributed by atoms with Crippen molar-refractivity contribution in [2.75, 3.05) is 26.4 Å². The Morgan fingerprint density at radius 1 is 0.517 bits per heavy atom. The summed E-state index contributed by atoms with van der Waals surface area (Å²) in [4.78, 5) is 55.6. The van der Waals surface area contributed by atoms with Crippen LogP contribution in [0.25, 0.3) is 12.2 Å². The molecule has 0 amide bonds. The van der Waals surface area contributed by atoms with E-state index >= 15 is 0 Å². The van der Waals surface area contributed by atoms with E-state index < -0.39 is 23.9 Å². The van der Waals surface area contributed by atoms with Crippen molar-refractivity contribution in [1.82, 2.24) is 9.97 Å². The van der Waals surface area contributed by atoms with Gasteiger partial charge in [-0.05, 0) is 111 Å². The molecule has 0 N–H and O–H groups in total. The molecule has 0 saturated carbocycles. The highest BCUT2D eigenvalue weighted by Crippen LogP contribution is 2.17. The monoisotopic (exact) mass is 814 g/mol. The average molecular weight is 815 g/mol. The smallest absolute Gasteiger partial charge is 0.336 e. The van der Waals surface area contributed by atoms with Gasteiger partial charge in [0.2, 0.25) is 0 Å². The van der Waals surface area contributed by atoms with Gasteiger partial charge >= 0.3 is 23.9 Å². The number of benzene rings is 2. The fourth-order valence-corrected chi connectivity index (χ4v) is 4.79. The van der Waals surface area contributed by atoms with Crippen LogP contribution in [0.4, 0.5) is 0 Å². The Hall–Kier alpha value is -7.48. The van der Waals surface area contributed by atoms with E-state index in [0.29, 0.717) is 73.6 Å². The van der Waals surface area contributed by atoms with E-state index in [9.17, 15) is 19.2 Å². The Morgan fingerprint density at radius 2 is 0.883 bits per heavy atom. The second-order valence-electron chi connectivity index (χ2n) is 12.6. The third-order valence-corrected chi connectivity index (χ3v) is 8.02. The van der Waals surface area contributed by atoms with Crippen molar-refractivity contribution in [2.45, 2.75) is 39.5 Å². The maximum Gasteiger partial charge on any atom is 0.336 e. The maximum atomic E-state index is 12.4. The van der Waals surface area contributed by atoms with E-state index in [2.05, 4.69) is 33.3 Å². The lowest BCUT2D eigenvalue weighted by Gasteiger charge is -2.06. The van der Waals surface area contributed by atoms with Gasteiger partial charge < -0.3 is 28.4 Å². The molecule has 4 aromatic rings. The van der Waals surface area contributed by atoms with Crippen LogP contribution in [0.5, 0.6) is 23.0 Å². The summed E-state index contributed by atoms with van der Waals surface area (Å²) in [6.07, 6.45) is 13.8. The Bertz CT molecular complexity index is 2020. The molecule has 60 heavy (non-hydrogen) atoms. The standard InChI is InChI=1S/C46H46N4O10/c1-5-43(51)57-29-9-7-27-55-37-17-11-35(12-18-37)15-25-45(53)59-39-21-23-41(47-31-39)33(3)49-50-34(4)42-24-22-40(32-48-42)60-46(54)26-16-36-13-19-38(20-14-36)56-28-8-10-30-58-44(52)6-2/h5-6,11-26,31-32H,1-2,7-10,27-30H2,3-4H3/b25-15+,26-16+,49-33+,50-34+. The van der Waals surface area contributed by atoms with E-state index in [4.69, 9.17) is 28.4 Å². The average Bonchev–Trinajstić information content (AvgIpc) is 3.27. The number of hydrogen-bond acceptors (Lipinski definition) is 14. The Morgan fingerprint density at radius 3 is 1.23 bits per heavy atom. The highest BCUT2D eigenvalue weighted by Gasteiger charge is 2.07. The van der Waals surface area contributed by atoms with Crippen LogP contribution < -0.4 is 18.9 Å². The number of carbonyl (C=O) groups is 4. The van der Waals surface area contributed by atoms with Crippen molar-refractivity contribution >= 4 is 47.5 Å². The first-order chi connectivity index (χ1) is 29.1. The van der Waals surface area contributed by atoms with Gasteiger partial charge in [0.1, 0.15) is 23.0 Å². The summed E-state index contributed by atoms with van der Waals surface area (Å²) in [6, 6.07) is 21.0. The molecule has 14 nitrogen and oxygen atoms in total. The summed E-state index contributed by atoms with van der Waals surface area (Å²) in [5.41, 5.74) is 3.68. The number of nitrogens with zero attached hydrogens (tertiary/aromatic N) is 4. The van der Waals surface area contributed by atoms with Crippen LogP contribution in [0, 0.1) is 0 Å². The molecule has 0 unspecified atom stereocenters. The fourth-order valence-electron chi connectivity index (χ4n) is 4.79. The van der Waals surface area contributed by atoms with Crippen LogP contribution in [-0.4, -0.2) is 71.7 Å². The van der Waals surface area contributed by atoms with Gasteiger partial charge in [-0.25, -0.2) is 19.2 Å². The number of rotatable bonds is 23. The minimum atomic E-state index is -0.568. The zero-order chi connectivity index (χ0) is 43.0. The third kappa shape index (κ3) is 16.9. The molecule has 0 aliphatic carbocycles. The first-order valence-corrected chi connectivity index (χ1v) is 19.0. The number of carbonyl (C=O) groups excluding carboxylic acids is 4. The largest absolute Gasteiger partial charge is 0.494 e. The van der Waals surface area contributed by atoms with Crippen LogP contribution in [-0.2, 0) is 28.7 Å². The van der Waals surface area contributed by atoms with Gasteiger partial charge in [0.15, 0.2) is 0 Å². The van der Waals surface area contributed by atoms with E-state index in [-0.39, 0.29) is 11.5 Å². The summed E-state index contributed by atoms with van der Waals surface area (Å²) in [7, 11) is 0. The minimum Gasteiger partial charge on any atom is -0.494 e. The molecule has 0 radical (unpaired) electrons. The molecule has 0 fully saturated rings. The third-order valence-electron chi connectivity index (χ3n) is 8.02. The first-order valence-electron chi connectivity index (χ1n) is 19.0. The van der Waals surface area contributed by atoms with Gasteiger partial charge in [0.25, 0.3) is 0 Å². The summed E-state index contributed by atoms with van der Waals surface area (Å²) in [6.45, 7) is 11.8. The van der Waals surface area contributed by atoms with Gasteiger partial charge in [-0.1, -0.05) is 37.4 Å². The molecular weight excluding hydrogens is 769 g/mol. The number of ether oxygens (including phenoxy) is 6. The number of hydrogen-bond donors (Lipinski definition) is 0. The molecule has 0 saturated heterocycles. The molecule has 4 rings (SSSR count). The van der Waals surface area contributed by atoms with Gasteiger partial charge in [-0.2, -0.15) is 10.2 Å². The van der Waals surface area contributed by atoms with E-state index in [0.717, 1.165) is 36.1 Å². The van der Waals surface area contributed by atoms with Crippen molar-refractivity contribution < 1.29 is 47.6 Å². The predicted molar refractivity (Wildman–Crippen MR) is 227 cm³/mol. The van der Waals surface area contributed by atoms with Gasteiger partial charge in [-0.15, -0.1) is 0 Å². The van der Waals surface area contributed by atoms with Crippen LogP contribution in [0.3, 0.4) is 0 Å². The molecule has 2 aromatic heterocycles. The zero-order valence-electron chi connectivity index (χ0n) is 33.5. The van der Waals surface area contributed by atoms with E-state index in [1.54, 1.807) is 74.5 Å². The quantitative estimate of drug-likeness (QED) is 0.0235. The summed E-state index contributed by atoms with van der Waals surface area (Å²) < 4.78 is 32.0. The first kappa shape index (κ1) is 45.2. The maximum absolute atomic E-state index is 12.4. The number of esters is 4. The lowest BCUT2D eigenvalue weighted by Crippen LogP contribution is -2.06. The Kier molecular flexibility index (Phi) is 18.8. The van der Waals surface area contributed by atoms with Crippen LogP contribution >= 0.6 is 0 Å². The Balaban J connectivity index is 1.17. The molecular formula is C46H46N4O10. The van der Waals surface area contributed by atoms with Crippen molar-refractivity contribution in [2.24, 2.45) is 10.2 Å². The SMILES string of the molecule is C=CC(=O)OCCCCOc1ccc(/C=C/C(=O)Oc2ccc(/C(C)=N/N=C(\C)c3ccc(OC(=O)/C=C/c4ccc(OCCCCOC(=O)C=C)cc4)cn3)nc2)cc1. The van der Waals surface area contributed by atoms with Crippen LogP contribution in [0.15, 0.2) is 133 Å². The molecule has 310 valence electrons. The molecule has 2 heterocycles. The molecule has 0 bridgehead atoms. The Labute approximate surface area is 348 Å². The van der Waals surface area contributed by atoms with E-state index in [1.807, 2.05) is 24.3 Å². The van der Waals surface area contributed by atoms with Crippen LogP contribution in [0.2, 0.25) is 0 Å². The lowest BCUT2D eigenvalue weighted by molar-refractivity contribution is -0.138. The highest BCUT2D eigenvalue weighted by atomic mass is 16.5. The second kappa shape index (κ2) is 25.0. The van der Waals surface area contributed by atoms with Crippen LogP contribution in [0.1, 0.15) is 62.0 Å². The highest BCUT2D eigenvalue weighted by molar-refractivity contribution is 6.00. The molecule has 2 aromatic carbocycles. The van der Waals surface area contributed by atoms with Crippen molar-refractivity contribution in [1.29, 1.82) is 0 Å². The second-order valence-corrected chi connectivity index (χ2v) is 12.6. The van der Waals surface area contributed by atoms with Crippen molar-refractivity contribution in [3.8, 4) is 23.0 Å². The number of pyridine rings is 2. The lowest BCUT2D eigenvalue weighted by atomic mass is 10.2. The predicted octanol–water partition coefficient (Wildman–Crippen LogP) is 7.72. The number of aromatic nitrogens is 2. The fraction of sp³-hybridized carbons (Fsp3) is 0.217. The summed E-state index contributed by atoms with van der Waals surface area (Å²) >= 11 is 0. The summed E-state index contributed by atoms with van der Waals surface area (Å²) in [5, 5.41) is 8.53. The van der Waals surface area contributed by atoms with Gasteiger partial charge in [0.05, 0.1) is 61.6 Å². The van der Waals surface area contributed by atoms with Crippen molar-refractivity contribution in [3.63, 3.8) is 0 Å². The zero-order valence-corrected chi connectivity index (χ0v) is 33.5. The molecule has 0 aliphatic rings. The van der Waals surface area contributed by atoms with E-state index in [1.165, 1.54) is 24.5 Å². The topological polar surface area (TPSA) is 174 Å². The summed E-state index contributed by atoms with van der Waals surface area (Å²) in [5.74, 6) is -0.118. The molecule has 0 spiro atoms. The van der Waals surface area contributed by atoms with Gasteiger partial charge in [-0.3, -0.25) is 9.97 Å².